The molecule has 0 amide bonds. The third kappa shape index (κ3) is 1.97. The van der Waals surface area contributed by atoms with Gasteiger partial charge in [0.15, 0.2) is 0 Å². The Bertz CT molecular complexity index is 697. The Morgan fingerprint density at radius 2 is 1.94 bits per heavy atom. The maximum absolute atomic E-state index is 9.95. The van der Waals surface area contributed by atoms with Crippen LogP contribution in [0.3, 0.4) is 0 Å². The first kappa shape index (κ1) is 10.9. The molecule has 0 spiro atoms. The first-order chi connectivity index (χ1) is 8.72. The third-order valence-electron chi connectivity index (χ3n) is 3.20. The molecule has 18 heavy (non-hydrogen) atoms. The number of aryl methyl sites for hydroxylation is 1. The van der Waals surface area contributed by atoms with Crippen LogP contribution in [0.5, 0.6) is 5.75 Å². The van der Waals surface area contributed by atoms with E-state index in [1.807, 2.05) is 18.3 Å². The smallest absolute Gasteiger partial charge is 0.125 e. The lowest BCUT2D eigenvalue weighted by molar-refractivity contribution is 0.481. The van der Waals surface area contributed by atoms with E-state index in [1.165, 1.54) is 11.1 Å². The fourth-order valence-corrected chi connectivity index (χ4v) is 2.37. The number of aromatic hydroxyl groups is 1. The van der Waals surface area contributed by atoms with E-state index in [1.54, 1.807) is 0 Å². The highest BCUT2D eigenvalue weighted by molar-refractivity contribution is 5.86. The van der Waals surface area contributed by atoms with E-state index in [9.17, 15) is 5.11 Å². The zero-order chi connectivity index (χ0) is 12.5. The van der Waals surface area contributed by atoms with Crippen LogP contribution in [0.15, 0.2) is 48.7 Å². The molecule has 0 aliphatic carbocycles. The van der Waals surface area contributed by atoms with Crippen LogP contribution in [0.25, 0.3) is 10.9 Å². The van der Waals surface area contributed by atoms with E-state index in [2.05, 4.69) is 42.2 Å². The fraction of sp³-hybridized carbons (Fsp3) is 0.125. The molecule has 0 aliphatic rings. The standard InChI is InChI=1S/C16H15NO/c1-11-3-2-4-12(7-11)8-13-9-15-14(5-6-17-15)16(18)10-13/h2-7,9-10,17-18H,8H2,1H3. The average Bonchev–Trinajstić information content (AvgIpc) is 2.77. The van der Waals surface area contributed by atoms with Gasteiger partial charge in [0.1, 0.15) is 5.75 Å². The molecule has 90 valence electrons. The zero-order valence-corrected chi connectivity index (χ0v) is 10.3. The number of rotatable bonds is 2. The van der Waals surface area contributed by atoms with Gasteiger partial charge in [0, 0.05) is 17.1 Å². The van der Waals surface area contributed by atoms with Gasteiger partial charge in [0.2, 0.25) is 0 Å². The van der Waals surface area contributed by atoms with Gasteiger partial charge in [0.25, 0.3) is 0 Å². The summed E-state index contributed by atoms with van der Waals surface area (Å²) in [6, 6.07) is 14.3. The second kappa shape index (κ2) is 4.22. The highest BCUT2D eigenvalue weighted by Gasteiger charge is 2.04. The summed E-state index contributed by atoms with van der Waals surface area (Å²) in [6.45, 7) is 2.09. The summed E-state index contributed by atoms with van der Waals surface area (Å²) in [5.41, 5.74) is 4.63. The van der Waals surface area contributed by atoms with E-state index < -0.39 is 0 Å². The molecular formula is C16H15NO. The highest BCUT2D eigenvalue weighted by atomic mass is 16.3. The topological polar surface area (TPSA) is 36.0 Å². The van der Waals surface area contributed by atoms with Crippen molar-refractivity contribution in [2.24, 2.45) is 0 Å². The summed E-state index contributed by atoms with van der Waals surface area (Å²) >= 11 is 0. The van der Waals surface area contributed by atoms with Crippen LogP contribution >= 0.6 is 0 Å². The summed E-state index contributed by atoms with van der Waals surface area (Å²) in [5, 5.41) is 10.8. The lowest BCUT2D eigenvalue weighted by atomic mass is 10.0. The Balaban J connectivity index is 1.99. The molecule has 2 aromatic carbocycles. The summed E-state index contributed by atoms with van der Waals surface area (Å²) in [6.07, 6.45) is 2.69. The number of hydrogen-bond donors (Lipinski definition) is 2. The largest absolute Gasteiger partial charge is 0.507 e. The molecule has 0 saturated carbocycles. The Morgan fingerprint density at radius 1 is 1.06 bits per heavy atom. The maximum atomic E-state index is 9.95. The van der Waals surface area contributed by atoms with Crippen molar-refractivity contribution < 1.29 is 5.11 Å². The van der Waals surface area contributed by atoms with E-state index in [-0.39, 0.29) is 0 Å². The molecule has 0 fully saturated rings. The Kier molecular flexibility index (Phi) is 2.56. The zero-order valence-electron chi connectivity index (χ0n) is 10.3. The summed E-state index contributed by atoms with van der Waals surface area (Å²) in [5.74, 6) is 0.344. The molecule has 1 aromatic heterocycles. The van der Waals surface area contributed by atoms with Crippen molar-refractivity contribution in [1.82, 2.24) is 4.98 Å². The monoisotopic (exact) mass is 237 g/mol. The fourth-order valence-electron chi connectivity index (χ4n) is 2.37. The molecular weight excluding hydrogens is 222 g/mol. The third-order valence-corrected chi connectivity index (χ3v) is 3.20. The molecule has 0 unspecified atom stereocenters. The number of phenols is 1. The van der Waals surface area contributed by atoms with E-state index in [0.717, 1.165) is 22.9 Å². The lowest BCUT2D eigenvalue weighted by Crippen LogP contribution is -1.89. The van der Waals surface area contributed by atoms with Crippen molar-refractivity contribution in [2.45, 2.75) is 13.3 Å². The maximum Gasteiger partial charge on any atom is 0.125 e. The van der Waals surface area contributed by atoms with Crippen molar-refractivity contribution in [2.75, 3.05) is 0 Å². The summed E-state index contributed by atoms with van der Waals surface area (Å²) in [4.78, 5) is 3.14. The molecule has 1 heterocycles. The Hall–Kier alpha value is -2.22. The van der Waals surface area contributed by atoms with Gasteiger partial charge >= 0.3 is 0 Å². The lowest BCUT2D eigenvalue weighted by Gasteiger charge is -2.05. The number of fused-ring (bicyclic) bond motifs is 1. The van der Waals surface area contributed by atoms with Crippen LogP contribution in [0.2, 0.25) is 0 Å². The minimum Gasteiger partial charge on any atom is -0.507 e. The number of aromatic nitrogens is 1. The molecule has 2 heteroatoms. The van der Waals surface area contributed by atoms with Crippen LogP contribution in [0, 0.1) is 6.92 Å². The van der Waals surface area contributed by atoms with Gasteiger partial charge in [-0.05, 0) is 42.7 Å². The number of phenolic OH excluding ortho intramolecular Hbond substituents is 1. The van der Waals surface area contributed by atoms with Gasteiger partial charge in [-0.15, -0.1) is 0 Å². The first-order valence-corrected chi connectivity index (χ1v) is 6.07. The summed E-state index contributed by atoms with van der Waals surface area (Å²) < 4.78 is 0. The van der Waals surface area contributed by atoms with Crippen LogP contribution < -0.4 is 0 Å². The van der Waals surface area contributed by atoms with Crippen LogP contribution in [-0.4, -0.2) is 10.1 Å². The van der Waals surface area contributed by atoms with Crippen molar-refractivity contribution in [3.05, 3.63) is 65.4 Å². The highest BCUT2D eigenvalue weighted by Crippen LogP contribution is 2.26. The number of benzene rings is 2. The van der Waals surface area contributed by atoms with Crippen molar-refractivity contribution in [3.63, 3.8) is 0 Å². The quantitative estimate of drug-likeness (QED) is 0.699. The van der Waals surface area contributed by atoms with Crippen molar-refractivity contribution >= 4 is 10.9 Å². The van der Waals surface area contributed by atoms with Crippen molar-refractivity contribution in [3.8, 4) is 5.75 Å². The number of hydrogen-bond acceptors (Lipinski definition) is 1. The minimum absolute atomic E-state index is 0.344. The number of nitrogens with one attached hydrogen (secondary N) is 1. The molecule has 0 aliphatic heterocycles. The molecule has 0 bridgehead atoms. The number of H-pyrrole nitrogens is 1. The van der Waals surface area contributed by atoms with Gasteiger partial charge in [-0.25, -0.2) is 0 Å². The van der Waals surface area contributed by atoms with Gasteiger partial charge in [-0.1, -0.05) is 29.8 Å². The molecule has 0 radical (unpaired) electrons. The van der Waals surface area contributed by atoms with Crippen LogP contribution in [0.1, 0.15) is 16.7 Å². The molecule has 0 saturated heterocycles. The Morgan fingerprint density at radius 3 is 2.78 bits per heavy atom. The molecule has 0 atom stereocenters. The SMILES string of the molecule is Cc1cccc(Cc2cc(O)c3cc[nH]c3c2)c1. The second-order valence-electron chi connectivity index (χ2n) is 4.72. The summed E-state index contributed by atoms with van der Waals surface area (Å²) in [7, 11) is 0. The molecule has 3 aromatic rings. The first-order valence-electron chi connectivity index (χ1n) is 6.07. The molecule has 2 N–H and O–H groups in total. The second-order valence-corrected chi connectivity index (χ2v) is 4.72. The number of aromatic amines is 1. The van der Waals surface area contributed by atoms with Gasteiger partial charge in [0.05, 0.1) is 0 Å². The molecule has 3 rings (SSSR count). The molecule has 2 nitrogen and oxygen atoms in total. The van der Waals surface area contributed by atoms with Crippen molar-refractivity contribution in [1.29, 1.82) is 0 Å². The Labute approximate surface area is 106 Å². The van der Waals surface area contributed by atoms with Gasteiger partial charge in [-0.3, -0.25) is 0 Å². The average molecular weight is 237 g/mol. The van der Waals surface area contributed by atoms with Gasteiger partial charge in [-0.2, -0.15) is 0 Å². The minimum atomic E-state index is 0.344. The normalized spacial score (nSPS) is 10.9. The predicted molar refractivity (Wildman–Crippen MR) is 73.9 cm³/mol. The van der Waals surface area contributed by atoms with Crippen LogP contribution in [-0.2, 0) is 6.42 Å². The van der Waals surface area contributed by atoms with E-state index in [0.29, 0.717) is 5.75 Å². The van der Waals surface area contributed by atoms with Gasteiger partial charge < -0.3 is 10.1 Å². The predicted octanol–water partition coefficient (Wildman–Crippen LogP) is 3.77. The van der Waals surface area contributed by atoms with E-state index in [4.69, 9.17) is 0 Å². The van der Waals surface area contributed by atoms with E-state index >= 15 is 0 Å². The van der Waals surface area contributed by atoms with Crippen LogP contribution in [0.4, 0.5) is 0 Å².